The van der Waals surface area contributed by atoms with Gasteiger partial charge in [0, 0.05) is 20.1 Å². The Balaban J connectivity index is 2.12. The lowest BCUT2D eigenvalue weighted by molar-refractivity contribution is -0.0325. The first kappa shape index (κ1) is 13.0. The number of rotatable bonds is 3. The molecule has 0 unspecified atom stereocenters. The van der Waals surface area contributed by atoms with Crippen LogP contribution in [0.2, 0.25) is 0 Å². The molecule has 2 rings (SSSR count). The van der Waals surface area contributed by atoms with Crippen LogP contribution in [-0.4, -0.2) is 44.6 Å². The fraction of sp³-hybridized carbons (Fsp3) is 0.818. The van der Waals surface area contributed by atoms with E-state index in [1.165, 1.54) is 0 Å². The van der Waals surface area contributed by atoms with E-state index >= 15 is 0 Å². The minimum atomic E-state index is -0.790. The van der Waals surface area contributed by atoms with Gasteiger partial charge in [0.25, 0.3) is 0 Å². The van der Waals surface area contributed by atoms with E-state index < -0.39 is 5.60 Å². The van der Waals surface area contributed by atoms with E-state index in [-0.39, 0.29) is 0 Å². The van der Waals surface area contributed by atoms with Crippen LogP contribution >= 0.6 is 15.9 Å². The molecule has 5 nitrogen and oxygen atoms in total. The molecule has 0 radical (unpaired) electrons. The number of aliphatic hydroxyl groups is 1. The molecule has 1 aromatic rings. The van der Waals surface area contributed by atoms with Crippen LogP contribution < -0.4 is 0 Å². The molecule has 0 bridgehead atoms. The molecular formula is C11H19BrN4O. The Hall–Kier alpha value is -0.460. The van der Waals surface area contributed by atoms with Gasteiger partial charge in [0.2, 0.25) is 0 Å². The highest BCUT2D eigenvalue weighted by Gasteiger charge is 2.38. The SMILES string of the molecule is CCCN1CCC(O)(c2c(Br)nnn2C)CC1. The van der Waals surface area contributed by atoms with Crippen molar-refractivity contribution in [2.24, 2.45) is 7.05 Å². The molecule has 1 aromatic heterocycles. The van der Waals surface area contributed by atoms with Gasteiger partial charge in [0.15, 0.2) is 4.60 Å². The van der Waals surface area contributed by atoms with Gasteiger partial charge >= 0.3 is 0 Å². The molecule has 0 spiro atoms. The van der Waals surface area contributed by atoms with Crippen molar-refractivity contribution >= 4 is 15.9 Å². The zero-order valence-electron chi connectivity index (χ0n) is 10.4. The minimum absolute atomic E-state index is 0.659. The van der Waals surface area contributed by atoms with Gasteiger partial charge in [-0.3, -0.25) is 0 Å². The average molecular weight is 303 g/mol. The summed E-state index contributed by atoms with van der Waals surface area (Å²) in [5, 5.41) is 18.6. The molecule has 2 heterocycles. The monoisotopic (exact) mass is 302 g/mol. The molecule has 1 saturated heterocycles. The number of likely N-dealkylation sites (tertiary alicyclic amines) is 1. The van der Waals surface area contributed by atoms with Crippen molar-refractivity contribution in [3.63, 3.8) is 0 Å². The maximum Gasteiger partial charge on any atom is 0.154 e. The van der Waals surface area contributed by atoms with Crippen LogP contribution in [0.3, 0.4) is 0 Å². The number of aryl methyl sites for hydroxylation is 1. The summed E-state index contributed by atoms with van der Waals surface area (Å²) < 4.78 is 2.32. The summed E-state index contributed by atoms with van der Waals surface area (Å²) in [6.45, 7) is 5.16. The standard InChI is InChI=1S/C11H19BrN4O/c1-3-6-16-7-4-11(17,5-8-16)9-10(12)13-14-15(9)2/h17H,3-8H2,1-2H3. The van der Waals surface area contributed by atoms with Gasteiger partial charge in [0.1, 0.15) is 11.3 Å². The predicted molar refractivity (Wildman–Crippen MR) is 68.6 cm³/mol. The van der Waals surface area contributed by atoms with E-state index in [0.29, 0.717) is 4.60 Å². The van der Waals surface area contributed by atoms with Crippen LogP contribution in [0, 0.1) is 0 Å². The molecule has 96 valence electrons. The Labute approximate surface area is 110 Å². The topological polar surface area (TPSA) is 54.2 Å². The molecule has 1 fully saturated rings. The summed E-state index contributed by atoms with van der Waals surface area (Å²) in [4.78, 5) is 2.40. The lowest BCUT2D eigenvalue weighted by Crippen LogP contribution is -2.43. The molecule has 0 atom stereocenters. The summed E-state index contributed by atoms with van der Waals surface area (Å²) in [7, 11) is 1.82. The first-order valence-electron chi connectivity index (χ1n) is 6.07. The van der Waals surface area contributed by atoms with Crippen molar-refractivity contribution in [1.29, 1.82) is 0 Å². The smallest absolute Gasteiger partial charge is 0.154 e. The third-order valence-electron chi connectivity index (χ3n) is 3.45. The van der Waals surface area contributed by atoms with E-state index in [1.54, 1.807) is 4.68 Å². The van der Waals surface area contributed by atoms with E-state index in [2.05, 4.69) is 38.1 Å². The Morgan fingerprint density at radius 1 is 1.41 bits per heavy atom. The van der Waals surface area contributed by atoms with E-state index in [9.17, 15) is 5.11 Å². The predicted octanol–water partition coefficient (Wildman–Crippen LogP) is 1.27. The minimum Gasteiger partial charge on any atom is -0.383 e. The highest BCUT2D eigenvalue weighted by molar-refractivity contribution is 9.10. The van der Waals surface area contributed by atoms with Gasteiger partial charge in [-0.1, -0.05) is 12.1 Å². The third-order valence-corrected chi connectivity index (χ3v) is 3.98. The fourth-order valence-corrected chi connectivity index (χ4v) is 3.22. The Morgan fingerprint density at radius 2 is 2.06 bits per heavy atom. The van der Waals surface area contributed by atoms with Gasteiger partial charge in [-0.05, 0) is 41.7 Å². The van der Waals surface area contributed by atoms with Crippen LogP contribution in [0.25, 0.3) is 0 Å². The second-order valence-corrected chi connectivity index (χ2v) is 5.48. The number of piperidine rings is 1. The molecule has 6 heteroatoms. The number of nitrogens with zero attached hydrogens (tertiary/aromatic N) is 4. The maximum atomic E-state index is 10.7. The first-order chi connectivity index (χ1) is 8.07. The average Bonchev–Trinajstić information content (AvgIpc) is 2.63. The molecular weight excluding hydrogens is 284 g/mol. The van der Waals surface area contributed by atoms with Gasteiger partial charge in [-0.25, -0.2) is 4.68 Å². The molecule has 1 N–H and O–H groups in total. The molecule has 0 saturated carbocycles. The molecule has 0 aliphatic carbocycles. The number of hydrogen-bond donors (Lipinski definition) is 1. The summed E-state index contributed by atoms with van der Waals surface area (Å²) in [5.41, 5.74) is 0.00932. The van der Waals surface area contributed by atoms with Crippen molar-refractivity contribution in [2.75, 3.05) is 19.6 Å². The van der Waals surface area contributed by atoms with Gasteiger partial charge in [-0.15, -0.1) is 5.10 Å². The van der Waals surface area contributed by atoms with Crippen LogP contribution in [0.1, 0.15) is 31.9 Å². The molecule has 1 aliphatic heterocycles. The van der Waals surface area contributed by atoms with Gasteiger partial charge in [-0.2, -0.15) is 0 Å². The zero-order chi connectivity index (χ0) is 12.5. The Bertz CT molecular complexity index is 365. The molecule has 17 heavy (non-hydrogen) atoms. The van der Waals surface area contributed by atoms with Crippen molar-refractivity contribution in [3.8, 4) is 0 Å². The first-order valence-corrected chi connectivity index (χ1v) is 6.86. The molecule has 1 aliphatic rings. The van der Waals surface area contributed by atoms with Crippen molar-refractivity contribution in [2.45, 2.75) is 31.8 Å². The molecule has 0 amide bonds. The van der Waals surface area contributed by atoms with Crippen LogP contribution in [-0.2, 0) is 12.6 Å². The fourth-order valence-electron chi connectivity index (χ4n) is 2.52. The van der Waals surface area contributed by atoms with Gasteiger partial charge < -0.3 is 10.0 Å². The quantitative estimate of drug-likeness (QED) is 0.914. The van der Waals surface area contributed by atoms with Crippen molar-refractivity contribution in [1.82, 2.24) is 19.9 Å². The maximum absolute atomic E-state index is 10.7. The van der Waals surface area contributed by atoms with Crippen molar-refractivity contribution < 1.29 is 5.11 Å². The number of hydrogen-bond acceptors (Lipinski definition) is 4. The normalized spacial score (nSPS) is 20.7. The largest absolute Gasteiger partial charge is 0.383 e. The van der Waals surface area contributed by atoms with Crippen LogP contribution in [0.15, 0.2) is 4.60 Å². The lowest BCUT2D eigenvalue weighted by atomic mass is 9.88. The second kappa shape index (κ2) is 5.04. The summed E-state index contributed by atoms with van der Waals surface area (Å²) in [6, 6.07) is 0. The van der Waals surface area contributed by atoms with Gasteiger partial charge in [0.05, 0.1) is 0 Å². The van der Waals surface area contributed by atoms with E-state index in [4.69, 9.17) is 0 Å². The lowest BCUT2D eigenvalue weighted by Gasteiger charge is -2.37. The van der Waals surface area contributed by atoms with E-state index in [0.717, 1.165) is 44.6 Å². The summed E-state index contributed by atoms with van der Waals surface area (Å²) in [6.07, 6.45) is 2.65. The Kier molecular flexibility index (Phi) is 3.85. The summed E-state index contributed by atoms with van der Waals surface area (Å²) >= 11 is 3.37. The summed E-state index contributed by atoms with van der Waals surface area (Å²) in [5.74, 6) is 0. The van der Waals surface area contributed by atoms with Crippen LogP contribution in [0.5, 0.6) is 0 Å². The third kappa shape index (κ3) is 2.53. The van der Waals surface area contributed by atoms with E-state index in [1.807, 2.05) is 7.05 Å². The second-order valence-electron chi connectivity index (χ2n) is 4.73. The van der Waals surface area contributed by atoms with Crippen LogP contribution in [0.4, 0.5) is 0 Å². The zero-order valence-corrected chi connectivity index (χ0v) is 11.9. The number of aromatic nitrogens is 3. The highest BCUT2D eigenvalue weighted by atomic mass is 79.9. The number of halogens is 1. The highest BCUT2D eigenvalue weighted by Crippen LogP contribution is 2.35. The molecule has 0 aromatic carbocycles. The Morgan fingerprint density at radius 3 is 2.53 bits per heavy atom. The van der Waals surface area contributed by atoms with Crippen molar-refractivity contribution in [3.05, 3.63) is 10.3 Å².